The minimum Gasteiger partial charge on any atom is -0.480 e. The van der Waals surface area contributed by atoms with Gasteiger partial charge in [-0.2, -0.15) is 26.3 Å². The third-order valence-electron chi connectivity index (χ3n) is 3.97. The molecule has 0 radical (unpaired) electrons. The number of halogens is 6. The molecule has 0 heterocycles. The third-order valence-corrected chi connectivity index (χ3v) is 3.97. The Morgan fingerprint density at radius 2 is 1.35 bits per heavy atom. The molecule has 0 saturated heterocycles. The summed E-state index contributed by atoms with van der Waals surface area (Å²) in [6, 6.07) is 12.5. The maximum Gasteiger partial charge on any atom is 0.490 e. The molecule has 0 fully saturated rings. The van der Waals surface area contributed by atoms with Crippen LogP contribution in [-0.2, 0) is 25.5 Å². The van der Waals surface area contributed by atoms with Crippen molar-refractivity contribution in [3.8, 4) is 0 Å². The van der Waals surface area contributed by atoms with Crippen molar-refractivity contribution in [1.29, 1.82) is 0 Å². The van der Waals surface area contributed by atoms with Crippen LogP contribution in [0.3, 0.4) is 0 Å². The SMILES string of the molecule is COC(=O)C(F)(F)F.O=C(c1ccccc1)c1ccc(C[C@H](NC(=O)C(F)(F)F)C(=O)O)cc1. The molecule has 34 heavy (non-hydrogen) atoms. The number of methoxy groups -OCH3 is 1. The van der Waals surface area contributed by atoms with Crippen LogP contribution in [0.5, 0.6) is 0 Å². The van der Waals surface area contributed by atoms with Gasteiger partial charge in [0.2, 0.25) is 0 Å². The molecule has 0 bridgehead atoms. The number of carbonyl (C=O) groups is 4. The first kappa shape index (κ1) is 28.1. The summed E-state index contributed by atoms with van der Waals surface area (Å²) in [5.41, 5.74) is 1.19. The molecule has 0 aliphatic heterocycles. The van der Waals surface area contributed by atoms with Gasteiger partial charge in [0.25, 0.3) is 0 Å². The van der Waals surface area contributed by atoms with E-state index in [1.165, 1.54) is 29.6 Å². The van der Waals surface area contributed by atoms with E-state index in [1.807, 2.05) is 0 Å². The lowest BCUT2D eigenvalue weighted by molar-refractivity contribution is -0.196. The smallest absolute Gasteiger partial charge is 0.480 e. The normalized spacial score (nSPS) is 12.0. The number of nitrogens with one attached hydrogen (secondary N) is 1. The Bertz CT molecular complexity index is 1000. The van der Waals surface area contributed by atoms with Crippen molar-refractivity contribution in [3.05, 3.63) is 71.3 Å². The van der Waals surface area contributed by atoms with Crippen LogP contribution in [0.25, 0.3) is 0 Å². The number of aliphatic carboxylic acids is 1. The minimum atomic E-state index is -5.17. The van der Waals surface area contributed by atoms with Gasteiger partial charge in [-0.15, -0.1) is 0 Å². The predicted molar refractivity (Wildman–Crippen MR) is 104 cm³/mol. The highest BCUT2D eigenvalue weighted by Gasteiger charge is 2.41. The Labute approximate surface area is 188 Å². The molecule has 2 aromatic rings. The van der Waals surface area contributed by atoms with E-state index >= 15 is 0 Å². The van der Waals surface area contributed by atoms with Gasteiger partial charge in [-0.25, -0.2) is 9.59 Å². The maximum atomic E-state index is 12.3. The third kappa shape index (κ3) is 8.92. The van der Waals surface area contributed by atoms with Gasteiger partial charge < -0.3 is 15.2 Å². The van der Waals surface area contributed by atoms with E-state index in [0.29, 0.717) is 23.8 Å². The summed E-state index contributed by atoms with van der Waals surface area (Å²) in [4.78, 5) is 43.8. The number of benzene rings is 2. The molecule has 0 aliphatic carbocycles. The molecule has 0 aromatic heterocycles. The maximum absolute atomic E-state index is 12.3. The Balaban J connectivity index is 0.000000620. The van der Waals surface area contributed by atoms with E-state index in [9.17, 15) is 45.5 Å². The molecule has 0 spiro atoms. The Morgan fingerprint density at radius 3 is 1.74 bits per heavy atom. The summed E-state index contributed by atoms with van der Waals surface area (Å²) in [7, 11) is 0.676. The van der Waals surface area contributed by atoms with Gasteiger partial charge in [0, 0.05) is 17.5 Å². The second-order valence-electron chi connectivity index (χ2n) is 6.45. The van der Waals surface area contributed by atoms with Crippen LogP contribution in [0.1, 0.15) is 21.5 Å². The number of hydrogen-bond donors (Lipinski definition) is 2. The summed E-state index contributed by atoms with van der Waals surface area (Å²) in [6.07, 6.45) is -10.4. The molecule has 0 aliphatic rings. The van der Waals surface area contributed by atoms with Crippen molar-refractivity contribution in [3.63, 3.8) is 0 Å². The number of amides is 1. The number of carboxylic acid groups (broad SMARTS) is 1. The fourth-order valence-corrected chi connectivity index (χ4v) is 2.34. The standard InChI is InChI=1S/C18H14F3NO4.C3H3F3O2/c19-18(20,21)17(26)22-14(16(24)25)10-11-6-8-13(9-7-11)15(23)12-4-2-1-3-5-12;1-8-2(7)3(4,5)6/h1-9,14H,10H2,(H,22,26)(H,24,25);1H3/t14-;/m0./s1. The lowest BCUT2D eigenvalue weighted by Gasteiger charge is -2.16. The van der Waals surface area contributed by atoms with Gasteiger partial charge in [-0.05, 0) is 5.56 Å². The molecule has 184 valence electrons. The van der Waals surface area contributed by atoms with Gasteiger partial charge in [0.05, 0.1) is 7.11 Å². The number of carbonyl (C=O) groups excluding carboxylic acids is 3. The Morgan fingerprint density at radius 1 is 0.853 bits per heavy atom. The van der Waals surface area contributed by atoms with Crippen LogP contribution in [-0.4, -0.2) is 54.2 Å². The summed E-state index contributed by atoms with van der Waals surface area (Å²) in [5.74, 6) is -6.32. The molecule has 13 heteroatoms. The molecule has 1 atom stereocenters. The van der Waals surface area contributed by atoms with Gasteiger partial charge in [-0.3, -0.25) is 9.59 Å². The molecular weight excluding hydrogens is 476 g/mol. The second kappa shape index (κ2) is 11.8. The number of carboxylic acids is 1. The summed E-state index contributed by atoms with van der Waals surface area (Å²) < 4.78 is 73.1. The van der Waals surface area contributed by atoms with Crippen molar-refractivity contribution in [2.45, 2.75) is 24.8 Å². The fourth-order valence-electron chi connectivity index (χ4n) is 2.34. The number of alkyl halides is 6. The zero-order chi connectivity index (χ0) is 26.1. The quantitative estimate of drug-likeness (QED) is 0.363. The van der Waals surface area contributed by atoms with E-state index in [0.717, 1.165) is 0 Å². The first-order valence-electron chi connectivity index (χ1n) is 9.11. The van der Waals surface area contributed by atoms with E-state index < -0.39 is 36.2 Å². The molecule has 1 amide bonds. The first-order chi connectivity index (χ1) is 15.7. The monoisotopic (exact) mass is 493 g/mol. The summed E-state index contributed by atoms with van der Waals surface area (Å²) in [6.45, 7) is 0. The minimum absolute atomic E-state index is 0.239. The number of hydrogen-bond acceptors (Lipinski definition) is 5. The van der Waals surface area contributed by atoms with Crippen molar-refractivity contribution >= 4 is 23.6 Å². The van der Waals surface area contributed by atoms with E-state index in [1.54, 1.807) is 30.3 Å². The topological polar surface area (TPSA) is 110 Å². The van der Waals surface area contributed by atoms with Gasteiger partial charge in [0.1, 0.15) is 6.04 Å². The van der Waals surface area contributed by atoms with Gasteiger partial charge in [0.15, 0.2) is 5.78 Å². The zero-order valence-electron chi connectivity index (χ0n) is 17.2. The molecule has 2 N–H and O–H groups in total. The first-order valence-corrected chi connectivity index (χ1v) is 9.11. The average molecular weight is 493 g/mol. The average Bonchev–Trinajstić information content (AvgIpc) is 2.77. The van der Waals surface area contributed by atoms with Crippen molar-refractivity contribution in [2.75, 3.05) is 7.11 Å². The number of ketones is 1. The molecule has 7 nitrogen and oxygen atoms in total. The summed E-state index contributed by atoms with van der Waals surface area (Å²) >= 11 is 0. The van der Waals surface area contributed by atoms with Crippen LogP contribution in [0.15, 0.2) is 54.6 Å². The summed E-state index contributed by atoms with van der Waals surface area (Å²) in [5, 5.41) is 10.4. The second-order valence-corrected chi connectivity index (χ2v) is 6.45. The van der Waals surface area contributed by atoms with Crippen molar-refractivity contribution < 1.29 is 55.4 Å². The lowest BCUT2D eigenvalue weighted by Crippen LogP contribution is -2.47. The van der Waals surface area contributed by atoms with Crippen LogP contribution >= 0.6 is 0 Å². The van der Waals surface area contributed by atoms with Crippen LogP contribution in [0.4, 0.5) is 26.3 Å². The van der Waals surface area contributed by atoms with Crippen molar-refractivity contribution in [2.24, 2.45) is 0 Å². The number of rotatable bonds is 6. The van der Waals surface area contributed by atoms with E-state index in [-0.39, 0.29) is 12.2 Å². The molecule has 0 saturated carbocycles. The number of esters is 1. The molecular formula is C21H17F6NO6. The Kier molecular flexibility index (Phi) is 9.78. The molecule has 2 rings (SSSR count). The lowest BCUT2D eigenvalue weighted by atomic mass is 9.99. The van der Waals surface area contributed by atoms with Gasteiger partial charge >= 0.3 is 30.2 Å². The largest absolute Gasteiger partial charge is 0.490 e. The van der Waals surface area contributed by atoms with Crippen LogP contribution in [0, 0.1) is 0 Å². The highest BCUT2D eigenvalue weighted by molar-refractivity contribution is 6.08. The number of ether oxygens (including phenoxy) is 1. The van der Waals surface area contributed by atoms with E-state index in [4.69, 9.17) is 5.11 Å². The van der Waals surface area contributed by atoms with Gasteiger partial charge in [-0.1, -0.05) is 54.6 Å². The predicted octanol–water partition coefficient (Wildman–Crippen LogP) is 3.31. The molecule has 0 unspecified atom stereocenters. The highest BCUT2D eigenvalue weighted by atomic mass is 19.4. The van der Waals surface area contributed by atoms with Crippen LogP contribution in [0.2, 0.25) is 0 Å². The molecule has 2 aromatic carbocycles. The van der Waals surface area contributed by atoms with Crippen LogP contribution < -0.4 is 5.32 Å². The van der Waals surface area contributed by atoms with Crippen molar-refractivity contribution in [1.82, 2.24) is 5.32 Å². The highest BCUT2D eigenvalue weighted by Crippen LogP contribution is 2.17. The fraction of sp³-hybridized carbons (Fsp3) is 0.238. The van der Waals surface area contributed by atoms with E-state index in [2.05, 4.69) is 4.74 Å². The zero-order valence-corrected chi connectivity index (χ0v) is 17.2. The Hall–Kier alpha value is -3.90.